The van der Waals surface area contributed by atoms with Crippen molar-refractivity contribution in [2.45, 2.75) is 13.2 Å². The van der Waals surface area contributed by atoms with Crippen LogP contribution in [-0.4, -0.2) is 5.96 Å². The largest absolute Gasteiger partial charge is 0.489 e. The van der Waals surface area contributed by atoms with Crippen molar-refractivity contribution in [3.8, 4) is 5.75 Å². The van der Waals surface area contributed by atoms with Gasteiger partial charge in [-0.2, -0.15) is 0 Å². The highest BCUT2D eigenvalue weighted by Crippen LogP contribution is 2.37. The molecule has 0 saturated carbocycles. The predicted octanol–water partition coefficient (Wildman–Crippen LogP) is 5.39. The average Bonchev–Trinajstić information content (AvgIpc) is 3.15. The van der Waals surface area contributed by atoms with E-state index in [0.29, 0.717) is 12.6 Å². The highest BCUT2D eigenvalue weighted by molar-refractivity contribution is 6.09. The number of aliphatic imine (C=N–C) groups is 1. The summed E-state index contributed by atoms with van der Waals surface area (Å²) < 4.78 is 5.84. The highest BCUT2D eigenvalue weighted by atomic mass is 16.5. The van der Waals surface area contributed by atoms with Gasteiger partial charge in [-0.15, -0.1) is 0 Å². The number of anilines is 1. The number of ether oxygens (including phenoxy) is 1. The van der Waals surface area contributed by atoms with Crippen molar-refractivity contribution in [1.29, 1.82) is 0 Å². The molecule has 4 aromatic carbocycles. The zero-order valence-corrected chi connectivity index (χ0v) is 16.0. The average molecular weight is 379 g/mol. The maximum Gasteiger partial charge on any atom is 0.201 e. The predicted molar refractivity (Wildman–Crippen MR) is 119 cm³/mol. The lowest BCUT2D eigenvalue weighted by atomic mass is 10.1. The molecule has 1 heterocycles. The Morgan fingerprint density at radius 1 is 0.862 bits per heavy atom. The molecule has 4 aromatic rings. The molecule has 0 aromatic heterocycles. The summed E-state index contributed by atoms with van der Waals surface area (Å²) >= 11 is 0. The van der Waals surface area contributed by atoms with Gasteiger partial charge in [0.15, 0.2) is 0 Å². The molecule has 4 nitrogen and oxygen atoms in total. The fourth-order valence-corrected chi connectivity index (χ4v) is 3.76. The van der Waals surface area contributed by atoms with Gasteiger partial charge in [-0.3, -0.25) is 0 Å². The molecule has 0 spiro atoms. The zero-order chi connectivity index (χ0) is 19.6. The van der Waals surface area contributed by atoms with Crippen molar-refractivity contribution < 1.29 is 4.74 Å². The van der Waals surface area contributed by atoms with Crippen LogP contribution >= 0.6 is 0 Å². The number of rotatable bonds is 4. The van der Waals surface area contributed by atoms with E-state index in [1.807, 2.05) is 54.6 Å². The number of benzene rings is 4. The molecule has 142 valence electrons. The highest BCUT2D eigenvalue weighted by Gasteiger charge is 2.23. The summed E-state index contributed by atoms with van der Waals surface area (Å²) in [6.07, 6.45) is 0. The minimum Gasteiger partial charge on any atom is -0.489 e. The van der Waals surface area contributed by atoms with Gasteiger partial charge >= 0.3 is 0 Å². The Morgan fingerprint density at radius 2 is 1.62 bits per heavy atom. The van der Waals surface area contributed by atoms with Crippen LogP contribution in [-0.2, 0) is 13.2 Å². The molecule has 0 fully saturated rings. The third-order valence-electron chi connectivity index (χ3n) is 5.19. The van der Waals surface area contributed by atoms with Crippen molar-refractivity contribution in [1.82, 2.24) is 0 Å². The smallest absolute Gasteiger partial charge is 0.201 e. The molecule has 0 atom stereocenters. The summed E-state index contributed by atoms with van der Waals surface area (Å²) in [7, 11) is 0. The van der Waals surface area contributed by atoms with Gasteiger partial charge in [-0.1, -0.05) is 60.7 Å². The van der Waals surface area contributed by atoms with E-state index in [0.717, 1.165) is 29.2 Å². The number of guanidine groups is 1. The Hall–Kier alpha value is -3.79. The Kier molecular flexibility index (Phi) is 4.37. The molecule has 0 saturated heterocycles. The fraction of sp³-hybridized carbons (Fsp3) is 0.0800. The fourth-order valence-electron chi connectivity index (χ4n) is 3.76. The van der Waals surface area contributed by atoms with E-state index < -0.39 is 0 Å². The van der Waals surface area contributed by atoms with Gasteiger partial charge in [0.1, 0.15) is 12.4 Å². The number of hydrogen-bond donors (Lipinski definition) is 1. The van der Waals surface area contributed by atoms with Crippen LogP contribution in [0, 0.1) is 0 Å². The van der Waals surface area contributed by atoms with Crippen LogP contribution in [0.2, 0.25) is 0 Å². The van der Waals surface area contributed by atoms with Crippen molar-refractivity contribution in [3.05, 3.63) is 102 Å². The second kappa shape index (κ2) is 7.32. The third kappa shape index (κ3) is 3.41. The van der Waals surface area contributed by atoms with Gasteiger partial charge in [-0.25, -0.2) is 4.99 Å². The SMILES string of the molecule is NC(=Nc1ccc(OCc2ccccc2)cc1)N1Cc2cccc3cccc1c23. The lowest BCUT2D eigenvalue weighted by Gasteiger charge is -2.18. The minimum atomic E-state index is 0.492. The summed E-state index contributed by atoms with van der Waals surface area (Å²) in [5.41, 5.74) is 10.7. The Morgan fingerprint density at radius 3 is 2.41 bits per heavy atom. The van der Waals surface area contributed by atoms with E-state index in [1.165, 1.54) is 16.3 Å². The molecular weight excluding hydrogens is 358 g/mol. The summed E-state index contributed by atoms with van der Waals surface area (Å²) in [6.45, 7) is 1.28. The van der Waals surface area contributed by atoms with Gasteiger partial charge in [-0.05, 0) is 46.8 Å². The molecule has 1 aliphatic rings. The first-order valence-electron chi connectivity index (χ1n) is 9.67. The molecule has 0 aliphatic carbocycles. The van der Waals surface area contributed by atoms with Crippen LogP contribution in [0.1, 0.15) is 11.1 Å². The van der Waals surface area contributed by atoms with E-state index in [2.05, 4.69) is 46.3 Å². The van der Waals surface area contributed by atoms with Crippen LogP contribution in [0.4, 0.5) is 11.4 Å². The summed E-state index contributed by atoms with van der Waals surface area (Å²) in [4.78, 5) is 6.70. The Bertz CT molecular complexity index is 1180. The van der Waals surface area contributed by atoms with Crippen molar-refractivity contribution in [2.75, 3.05) is 4.90 Å². The zero-order valence-electron chi connectivity index (χ0n) is 16.0. The molecule has 1 aliphatic heterocycles. The van der Waals surface area contributed by atoms with Crippen LogP contribution in [0.3, 0.4) is 0 Å². The molecule has 5 rings (SSSR count). The maximum atomic E-state index is 6.38. The molecule has 2 N–H and O–H groups in total. The monoisotopic (exact) mass is 379 g/mol. The first-order valence-corrected chi connectivity index (χ1v) is 9.67. The molecular formula is C25H21N3O. The van der Waals surface area contributed by atoms with Crippen LogP contribution in [0.15, 0.2) is 96.0 Å². The quantitative estimate of drug-likeness (QED) is 0.382. The lowest BCUT2D eigenvalue weighted by molar-refractivity contribution is 0.306. The molecule has 0 bridgehead atoms. The van der Waals surface area contributed by atoms with Gasteiger partial charge in [0.25, 0.3) is 0 Å². The summed E-state index contributed by atoms with van der Waals surface area (Å²) in [5, 5.41) is 2.49. The summed E-state index contributed by atoms with van der Waals surface area (Å²) in [5.74, 6) is 1.30. The van der Waals surface area contributed by atoms with Crippen LogP contribution < -0.4 is 15.4 Å². The van der Waals surface area contributed by atoms with Gasteiger partial charge in [0, 0.05) is 5.39 Å². The Balaban J connectivity index is 1.33. The molecule has 4 heteroatoms. The lowest BCUT2D eigenvalue weighted by Crippen LogP contribution is -2.34. The van der Waals surface area contributed by atoms with E-state index in [1.54, 1.807) is 0 Å². The first-order chi connectivity index (χ1) is 14.3. The maximum absolute atomic E-state index is 6.38. The van der Waals surface area contributed by atoms with Crippen molar-refractivity contribution in [2.24, 2.45) is 10.7 Å². The van der Waals surface area contributed by atoms with Gasteiger partial charge < -0.3 is 15.4 Å². The molecule has 29 heavy (non-hydrogen) atoms. The van der Waals surface area contributed by atoms with Gasteiger partial charge in [0.05, 0.1) is 17.9 Å². The van der Waals surface area contributed by atoms with E-state index in [4.69, 9.17) is 10.5 Å². The Labute approximate surface area is 169 Å². The molecule has 0 amide bonds. The van der Waals surface area contributed by atoms with E-state index in [-0.39, 0.29) is 0 Å². The number of hydrogen-bond acceptors (Lipinski definition) is 2. The molecule has 0 radical (unpaired) electrons. The van der Waals surface area contributed by atoms with E-state index >= 15 is 0 Å². The minimum absolute atomic E-state index is 0.492. The second-order valence-electron chi connectivity index (χ2n) is 7.12. The molecule has 0 unspecified atom stereocenters. The van der Waals surface area contributed by atoms with Crippen LogP contribution in [0.5, 0.6) is 5.75 Å². The normalized spacial score (nSPS) is 13.1. The van der Waals surface area contributed by atoms with Crippen LogP contribution in [0.25, 0.3) is 10.8 Å². The first kappa shape index (κ1) is 17.3. The van der Waals surface area contributed by atoms with Crippen molar-refractivity contribution in [3.63, 3.8) is 0 Å². The number of nitrogens with two attached hydrogens (primary N) is 1. The number of nitrogens with zero attached hydrogens (tertiary/aromatic N) is 2. The standard InChI is InChI=1S/C25H21N3O/c26-25(28-16-20-10-4-8-19-9-5-11-23(28)24(19)20)27-21-12-14-22(15-13-21)29-17-18-6-2-1-3-7-18/h1-15H,16-17H2,(H2,26,27). The second-order valence-corrected chi connectivity index (χ2v) is 7.12. The van der Waals surface area contributed by atoms with Gasteiger partial charge in [0.2, 0.25) is 5.96 Å². The third-order valence-corrected chi connectivity index (χ3v) is 5.19. The topological polar surface area (TPSA) is 50.9 Å². The van der Waals surface area contributed by atoms with Crippen molar-refractivity contribution >= 4 is 28.1 Å². The summed E-state index contributed by atoms with van der Waals surface area (Å²) in [6, 6.07) is 30.5. The van der Waals surface area contributed by atoms with E-state index in [9.17, 15) is 0 Å².